The van der Waals surface area contributed by atoms with Crippen LogP contribution in [0.4, 0.5) is 4.79 Å². The summed E-state index contributed by atoms with van der Waals surface area (Å²) in [6.45, 7) is 8.58. The second-order valence-corrected chi connectivity index (χ2v) is 23.8. The van der Waals surface area contributed by atoms with E-state index < -0.39 is 87.5 Å². The minimum atomic E-state index is -1.24. The van der Waals surface area contributed by atoms with Gasteiger partial charge in [0.25, 0.3) is 0 Å². The number of carbonyl (C=O) groups excluding carboxylic acids is 6. The van der Waals surface area contributed by atoms with E-state index in [9.17, 15) is 28.8 Å². The summed E-state index contributed by atoms with van der Waals surface area (Å²) in [6.07, 6.45) is 3.01. The van der Waals surface area contributed by atoms with Gasteiger partial charge in [0.05, 0.1) is 15.9 Å². The molecule has 0 aromatic heterocycles. The van der Waals surface area contributed by atoms with Crippen LogP contribution in [0.5, 0.6) is 0 Å². The second kappa shape index (κ2) is 29.7. The van der Waals surface area contributed by atoms with Gasteiger partial charge < -0.3 is 36.1 Å². The van der Waals surface area contributed by atoms with Gasteiger partial charge in [-0.2, -0.15) is 0 Å². The van der Waals surface area contributed by atoms with E-state index in [1.165, 1.54) is 11.8 Å². The third-order valence-electron chi connectivity index (χ3n) is 13.7. The van der Waals surface area contributed by atoms with Crippen LogP contribution in [0.3, 0.4) is 0 Å². The van der Waals surface area contributed by atoms with Crippen molar-refractivity contribution >= 4 is 59.2 Å². The van der Waals surface area contributed by atoms with Crippen molar-refractivity contribution in [2.24, 2.45) is 5.92 Å². The molecule has 5 amide bonds. The summed E-state index contributed by atoms with van der Waals surface area (Å²) in [5.74, 6) is -3.06. The number of allylic oxidation sites excluding steroid dienone is 1. The fourth-order valence-electron chi connectivity index (χ4n) is 9.83. The zero-order valence-corrected chi connectivity index (χ0v) is 48.4. The van der Waals surface area contributed by atoms with Crippen molar-refractivity contribution < 1.29 is 38.2 Å². The number of carbonyl (C=O) groups is 6. The smallest absolute Gasteiger partial charge is 0.407 e. The third-order valence-corrected chi connectivity index (χ3v) is 16.9. The highest BCUT2D eigenvalue weighted by Gasteiger charge is 2.41. The molecule has 0 radical (unpaired) electrons. The minimum Gasteiger partial charge on any atom is -0.456 e. The minimum absolute atomic E-state index is 0.0177. The van der Waals surface area contributed by atoms with Gasteiger partial charge in [0.15, 0.2) is 0 Å². The quantitative estimate of drug-likeness (QED) is 0.0214. The van der Waals surface area contributed by atoms with Gasteiger partial charge in [0.2, 0.25) is 23.6 Å². The zero-order chi connectivity index (χ0) is 57.7. The molecule has 1 saturated heterocycles. The van der Waals surface area contributed by atoms with Crippen molar-refractivity contribution in [1.29, 1.82) is 0 Å². The number of alkyl carbamates (subject to hydrolysis) is 1. The molecule has 0 saturated carbocycles. The number of hydrogen-bond acceptors (Lipinski definition) is 10. The zero-order valence-electron chi connectivity index (χ0n) is 46.8. The van der Waals surface area contributed by atoms with Crippen LogP contribution in [0, 0.1) is 5.92 Å². The van der Waals surface area contributed by atoms with Gasteiger partial charge >= 0.3 is 12.1 Å². The van der Waals surface area contributed by atoms with E-state index in [1.54, 1.807) is 52.5 Å². The number of nitrogens with one attached hydrogen (secondary N) is 5. The average molecular weight is 1130 g/mol. The summed E-state index contributed by atoms with van der Waals surface area (Å²) < 4.78 is 9.88. The van der Waals surface area contributed by atoms with Gasteiger partial charge in [-0.1, -0.05) is 202 Å². The Morgan fingerprint density at radius 1 is 0.605 bits per heavy atom. The molecule has 1 heterocycles. The van der Waals surface area contributed by atoms with Gasteiger partial charge in [-0.15, -0.1) is 23.5 Å². The molecule has 6 aromatic rings. The molecule has 1 aliphatic rings. The Hall–Kier alpha value is -7.62. The van der Waals surface area contributed by atoms with Gasteiger partial charge in [0, 0.05) is 12.3 Å². The van der Waals surface area contributed by atoms with Crippen molar-refractivity contribution in [3.8, 4) is 0 Å². The van der Waals surface area contributed by atoms with Crippen LogP contribution in [-0.4, -0.2) is 90.1 Å². The highest BCUT2D eigenvalue weighted by molar-refractivity contribution is 8.00. The molecule has 13 nitrogen and oxygen atoms in total. The first-order valence-corrected chi connectivity index (χ1v) is 29.7. The molecule has 0 aliphatic carbocycles. The number of cyclic esters (lactones) is 1. The number of esters is 1. The first-order valence-electron chi connectivity index (χ1n) is 27.7. The van der Waals surface area contributed by atoms with Crippen LogP contribution in [0.25, 0.3) is 0 Å². The molecule has 0 bridgehead atoms. The van der Waals surface area contributed by atoms with E-state index >= 15 is 0 Å². The summed E-state index contributed by atoms with van der Waals surface area (Å²) >= 11 is 3.23. The highest BCUT2D eigenvalue weighted by Crippen LogP contribution is 2.50. The van der Waals surface area contributed by atoms with Crippen molar-refractivity contribution in [3.05, 3.63) is 228 Å². The molecule has 81 heavy (non-hydrogen) atoms. The normalized spacial score (nSPS) is 18.0. The number of thioether (sulfide) groups is 2. The maximum absolute atomic E-state index is 14.9. The summed E-state index contributed by atoms with van der Waals surface area (Å²) in [4.78, 5) is 84.4. The van der Waals surface area contributed by atoms with Crippen LogP contribution >= 0.6 is 23.5 Å². The second-order valence-electron chi connectivity index (χ2n) is 21.2. The highest BCUT2D eigenvalue weighted by atomic mass is 32.2. The summed E-state index contributed by atoms with van der Waals surface area (Å²) in [6, 6.07) is 57.4. The Bertz CT molecular complexity index is 2810. The monoisotopic (exact) mass is 1130 g/mol. The molecule has 1 aliphatic heterocycles. The molecule has 1 unspecified atom stereocenters. The SMILES string of the molecule is CC(C)[C@H]1NC(=O)[C@@H](CSC(c2ccccc2)(c2ccccc2)c2ccccc2)NC(=O)[C@@H](CCCCNC(=O)OC(C)(C)C)NC(=O)CC(C=CCCSC(c2ccccc2)(c2ccccc2)c2ccccc2)OC(=O)CNC1=O. The Balaban J connectivity index is 1.18. The summed E-state index contributed by atoms with van der Waals surface area (Å²) in [5, 5.41) is 14.2. The largest absolute Gasteiger partial charge is 0.456 e. The number of ether oxygens (including phenoxy) is 2. The Labute approximate surface area is 485 Å². The van der Waals surface area contributed by atoms with E-state index in [0.717, 1.165) is 33.4 Å². The molecular weight excluding hydrogens is 1050 g/mol. The van der Waals surface area contributed by atoms with Crippen molar-refractivity contribution in [2.45, 2.75) is 106 Å². The van der Waals surface area contributed by atoms with E-state index in [2.05, 4.69) is 63.0 Å². The Morgan fingerprint density at radius 3 is 1.49 bits per heavy atom. The lowest BCUT2D eigenvalue weighted by molar-refractivity contribution is -0.148. The molecule has 0 spiro atoms. The van der Waals surface area contributed by atoms with Gasteiger partial charge in [0.1, 0.15) is 36.4 Å². The number of benzene rings is 6. The topological polar surface area (TPSA) is 181 Å². The fourth-order valence-corrected chi connectivity index (χ4v) is 12.9. The van der Waals surface area contributed by atoms with E-state index in [4.69, 9.17) is 9.47 Å². The van der Waals surface area contributed by atoms with Gasteiger partial charge in [-0.3, -0.25) is 24.0 Å². The van der Waals surface area contributed by atoms with Crippen molar-refractivity contribution in [1.82, 2.24) is 26.6 Å². The first kappa shape index (κ1) is 61.0. The van der Waals surface area contributed by atoms with Gasteiger partial charge in [-0.25, -0.2) is 4.79 Å². The molecule has 5 N–H and O–H groups in total. The maximum Gasteiger partial charge on any atom is 0.407 e. The standard InChI is InChI=1S/C66H75N5O8S2/c1-47(2)59-62(76)68-45-58(73)78-54(40-25-27-43-80-65(48-28-12-6-13-29-48,49-30-14-7-15-31-49)50-32-16-8-17-33-50)44-57(72)69-55(41-24-26-42-67-63(77)79-64(3,4)5)60(74)70-56(61(75)71-59)46-81-66(51-34-18-9-19-35-51,52-36-20-10-21-37-52)53-38-22-11-23-39-53/h6-23,25,28-40,47,54-56,59H,24,26-27,41-46H2,1-5H3,(H,67,77)(H,68,76)(H,69,72)(H,70,74)(H,71,75)/t54?,55-,56-,59-/m1/s1. The lowest BCUT2D eigenvalue weighted by Crippen LogP contribution is -2.59. The first-order chi connectivity index (χ1) is 39.1. The van der Waals surface area contributed by atoms with Crippen LogP contribution in [0.15, 0.2) is 194 Å². The molecule has 1 fully saturated rings. The Kier molecular flexibility index (Phi) is 22.4. The molecule has 4 atom stereocenters. The molecular formula is C66H75N5O8S2. The van der Waals surface area contributed by atoms with Crippen molar-refractivity contribution in [2.75, 3.05) is 24.6 Å². The molecule has 424 valence electrons. The third kappa shape index (κ3) is 17.0. The lowest BCUT2D eigenvalue weighted by Gasteiger charge is -2.37. The molecule has 15 heteroatoms. The number of rotatable bonds is 20. The summed E-state index contributed by atoms with van der Waals surface area (Å²) in [7, 11) is 0. The Morgan fingerprint density at radius 2 is 1.05 bits per heavy atom. The van der Waals surface area contributed by atoms with E-state index in [0.29, 0.717) is 25.0 Å². The van der Waals surface area contributed by atoms with E-state index in [1.807, 2.05) is 152 Å². The molecule has 7 rings (SSSR count). The van der Waals surface area contributed by atoms with Crippen LogP contribution < -0.4 is 26.6 Å². The van der Waals surface area contributed by atoms with Crippen LogP contribution in [0.1, 0.15) is 100 Å². The number of unbranched alkanes of at least 4 members (excludes halogenated alkanes) is 1. The molecule has 6 aromatic carbocycles. The van der Waals surface area contributed by atoms with Crippen LogP contribution in [0.2, 0.25) is 0 Å². The van der Waals surface area contributed by atoms with Crippen molar-refractivity contribution in [3.63, 3.8) is 0 Å². The van der Waals surface area contributed by atoms with Gasteiger partial charge in [-0.05, 0) is 97.6 Å². The predicted molar refractivity (Wildman–Crippen MR) is 323 cm³/mol. The summed E-state index contributed by atoms with van der Waals surface area (Å²) in [5.41, 5.74) is 5.45. The average Bonchev–Trinajstić information content (AvgIpc) is 3.56. The fraction of sp³-hybridized carbons (Fsp3) is 0.333. The number of hydrogen-bond donors (Lipinski definition) is 5. The number of amides is 5. The van der Waals surface area contributed by atoms with E-state index in [-0.39, 0.29) is 25.1 Å². The predicted octanol–water partition coefficient (Wildman–Crippen LogP) is 10.6. The van der Waals surface area contributed by atoms with Crippen LogP contribution in [-0.2, 0) is 42.9 Å². The lowest BCUT2D eigenvalue weighted by atomic mass is 9.84. The maximum atomic E-state index is 14.9.